The van der Waals surface area contributed by atoms with E-state index in [0.717, 1.165) is 6.54 Å². The molecule has 3 heteroatoms. The molecular weight excluding hydrogens is 174 g/mol. The zero-order valence-electron chi connectivity index (χ0n) is 9.87. The van der Waals surface area contributed by atoms with E-state index in [1.165, 1.54) is 32.6 Å². The van der Waals surface area contributed by atoms with E-state index in [1.807, 2.05) is 0 Å². The van der Waals surface area contributed by atoms with Crippen molar-refractivity contribution in [2.24, 2.45) is 11.7 Å². The van der Waals surface area contributed by atoms with E-state index < -0.39 is 0 Å². The van der Waals surface area contributed by atoms with Crippen molar-refractivity contribution >= 4 is 0 Å². The van der Waals surface area contributed by atoms with Crippen molar-refractivity contribution < 1.29 is 0 Å². The maximum Gasteiger partial charge on any atom is 0.0241 e. The molecule has 0 aromatic carbocycles. The summed E-state index contributed by atoms with van der Waals surface area (Å²) in [5.41, 5.74) is 5.83. The van der Waals surface area contributed by atoms with Gasteiger partial charge in [0.2, 0.25) is 0 Å². The second-order valence-corrected chi connectivity index (χ2v) is 4.74. The number of rotatable bonds is 3. The van der Waals surface area contributed by atoms with Crippen molar-refractivity contribution in [2.45, 2.75) is 26.3 Å². The predicted molar refractivity (Wildman–Crippen MR) is 61.4 cm³/mol. The third-order valence-corrected chi connectivity index (χ3v) is 3.23. The molecule has 1 aliphatic heterocycles. The summed E-state index contributed by atoms with van der Waals surface area (Å²) >= 11 is 0. The summed E-state index contributed by atoms with van der Waals surface area (Å²) in [6.45, 7) is 10.1. The van der Waals surface area contributed by atoms with Gasteiger partial charge in [-0.2, -0.15) is 0 Å². The van der Waals surface area contributed by atoms with Gasteiger partial charge >= 0.3 is 0 Å². The second kappa shape index (κ2) is 5.69. The van der Waals surface area contributed by atoms with E-state index in [1.54, 1.807) is 0 Å². The fraction of sp³-hybridized carbons (Fsp3) is 1.00. The van der Waals surface area contributed by atoms with Crippen molar-refractivity contribution in [1.29, 1.82) is 0 Å². The Labute approximate surface area is 88.2 Å². The lowest BCUT2D eigenvalue weighted by Gasteiger charge is -2.32. The monoisotopic (exact) mass is 199 g/mol. The van der Waals surface area contributed by atoms with E-state index in [4.69, 9.17) is 5.73 Å². The van der Waals surface area contributed by atoms with Gasteiger partial charge in [-0.05, 0) is 32.5 Å². The van der Waals surface area contributed by atoms with E-state index in [-0.39, 0.29) is 0 Å². The molecule has 1 aliphatic rings. The first kappa shape index (κ1) is 12.0. The molecule has 14 heavy (non-hydrogen) atoms. The van der Waals surface area contributed by atoms with E-state index in [2.05, 4.69) is 30.7 Å². The molecule has 0 aromatic rings. The maximum atomic E-state index is 5.83. The van der Waals surface area contributed by atoms with Crippen LogP contribution < -0.4 is 5.73 Å². The van der Waals surface area contributed by atoms with Crippen LogP contribution in [0.25, 0.3) is 0 Å². The van der Waals surface area contributed by atoms with Crippen molar-refractivity contribution in [2.75, 3.05) is 39.8 Å². The molecule has 0 aliphatic carbocycles. The van der Waals surface area contributed by atoms with Gasteiger partial charge in [0, 0.05) is 25.7 Å². The molecule has 0 radical (unpaired) electrons. The molecule has 0 spiro atoms. The molecule has 0 aromatic heterocycles. The van der Waals surface area contributed by atoms with Gasteiger partial charge in [-0.3, -0.25) is 4.90 Å². The maximum absolute atomic E-state index is 5.83. The molecular formula is C11H25N3. The quantitative estimate of drug-likeness (QED) is 0.723. The van der Waals surface area contributed by atoms with Crippen LogP contribution in [0.4, 0.5) is 0 Å². The van der Waals surface area contributed by atoms with Crippen LogP contribution in [0.15, 0.2) is 0 Å². The van der Waals surface area contributed by atoms with Crippen LogP contribution in [0.1, 0.15) is 20.3 Å². The summed E-state index contributed by atoms with van der Waals surface area (Å²) in [5.74, 6) is 0.670. The van der Waals surface area contributed by atoms with Crippen LogP contribution in [0.2, 0.25) is 0 Å². The fourth-order valence-corrected chi connectivity index (χ4v) is 2.24. The Morgan fingerprint density at radius 1 is 1.14 bits per heavy atom. The highest BCUT2D eigenvalue weighted by molar-refractivity contribution is 4.78. The Bertz CT molecular complexity index is 159. The number of nitrogens with two attached hydrogens (primary N) is 1. The van der Waals surface area contributed by atoms with Crippen molar-refractivity contribution in [3.8, 4) is 0 Å². The molecule has 1 atom stereocenters. The Hall–Kier alpha value is -0.120. The minimum absolute atomic E-state index is 0.571. The molecule has 1 rings (SSSR count). The first-order chi connectivity index (χ1) is 6.65. The molecule has 1 saturated heterocycles. The first-order valence-electron chi connectivity index (χ1n) is 5.77. The van der Waals surface area contributed by atoms with Gasteiger partial charge in [-0.15, -0.1) is 0 Å². The minimum Gasteiger partial charge on any atom is -0.329 e. The Balaban J connectivity index is 2.48. The minimum atomic E-state index is 0.571. The summed E-state index contributed by atoms with van der Waals surface area (Å²) < 4.78 is 0. The lowest BCUT2D eigenvalue weighted by atomic mass is 10.0. The Kier molecular flexibility index (Phi) is 4.85. The normalized spacial score (nSPS) is 23.8. The molecule has 1 heterocycles. The van der Waals surface area contributed by atoms with Crippen LogP contribution in [-0.4, -0.2) is 55.6 Å². The molecule has 0 bridgehead atoms. The SMILES string of the molecule is CC(C)C(CN)N1CCCN(C)CC1. The van der Waals surface area contributed by atoms with Gasteiger partial charge in [0.1, 0.15) is 0 Å². The lowest BCUT2D eigenvalue weighted by molar-refractivity contribution is 0.165. The molecule has 3 nitrogen and oxygen atoms in total. The number of nitrogens with zero attached hydrogens (tertiary/aromatic N) is 2. The first-order valence-corrected chi connectivity index (χ1v) is 5.77. The van der Waals surface area contributed by atoms with E-state index >= 15 is 0 Å². The number of hydrogen-bond acceptors (Lipinski definition) is 3. The molecule has 2 N–H and O–H groups in total. The summed E-state index contributed by atoms with van der Waals surface area (Å²) in [6.07, 6.45) is 1.28. The van der Waals surface area contributed by atoms with Crippen LogP contribution in [0, 0.1) is 5.92 Å². The van der Waals surface area contributed by atoms with Crippen molar-refractivity contribution in [3.63, 3.8) is 0 Å². The smallest absolute Gasteiger partial charge is 0.0241 e. The second-order valence-electron chi connectivity index (χ2n) is 4.74. The van der Waals surface area contributed by atoms with Crippen LogP contribution in [-0.2, 0) is 0 Å². The highest BCUT2D eigenvalue weighted by atomic mass is 15.2. The van der Waals surface area contributed by atoms with Gasteiger partial charge in [0.15, 0.2) is 0 Å². The molecule has 1 unspecified atom stereocenters. The van der Waals surface area contributed by atoms with Gasteiger partial charge in [0.25, 0.3) is 0 Å². The number of hydrogen-bond donors (Lipinski definition) is 1. The average Bonchev–Trinajstić information content (AvgIpc) is 2.32. The summed E-state index contributed by atoms with van der Waals surface area (Å²) in [5, 5.41) is 0. The highest BCUT2D eigenvalue weighted by Crippen LogP contribution is 2.12. The Morgan fingerprint density at radius 2 is 1.86 bits per heavy atom. The molecule has 84 valence electrons. The number of likely N-dealkylation sites (N-methyl/N-ethyl adjacent to an activating group) is 1. The topological polar surface area (TPSA) is 32.5 Å². The molecule has 0 amide bonds. The zero-order chi connectivity index (χ0) is 10.6. The van der Waals surface area contributed by atoms with E-state index in [9.17, 15) is 0 Å². The zero-order valence-corrected chi connectivity index (χ0v) is 9.87. The highest BCUT2D eigenvalue weighted by Gasteiger charge is 2.21. The van der Waals surface area contributed by atoms with Crippen molar-refractivity contribution in [1.82, 2.24) is 9.80 Å². The Morgan fingerprint density at radius 3 is 2.43 bits per heavy atom. The largest absolute Gasteiger partial charge is 0.329 e. The fourth-order valence-electron chi connectivity index (χ4n) is 2.24. The third-order valence-electron chi connectivity index (χ3n) is 3.23. The van der Waals surface area contributed by atoms with Gasteiger partial charge in [-0.1, -0.05) is 13.8 Å². The average molecular weight is 199 g/mol. The van der Waals surface area contributed by atoms with Gasteiger partial charge in [-0.25, -0.2) is 0 Å². The molecule has 1 fully saturated rings. The predicted octanol–water partition coefficient (Wildman–Crippen LogP) is 0.607. The summed E-state index contributed by atoms with van der Waals surface area (Å²) in [4.78, 5) is 4.97. The molecule has 0 saturated carbocycles. The van der Waals surface area contributed by atoms with Crippen LogP contribution >= 0.6 is 0 Å². The third kappa shape index (κ3) is 3.23. The van der Waals surface area contributed by atoms with Gasteiger partial charge < -0.3 is 10.6 Å². The van der Waals surface area contributed by atoms with Crippen molar-refractivity contribution in [3.05, 3.63) is 0 Å². The van der Waals surface area contributed by atoms with Crippen LogP contribution in [0.3, 0.4) is 0 Å². The lowest BCUT2D eigenvalue weighted by Crippen LogP contribution is -2.45. The summed E-state index contributed by atoms with van der Waals surface area (Å²) in [7, 11) is 2.20. The van der Waals surface area contributed by atoms with E-state index in [0.29, 0.717) is 12.0 Å². The standard InChI is InChI=1S/C11H25N3/c1-10(2)11(9-12)14-6-4-5-13(3)7-8-14/h10-11H,4-9,12H2,1-3H3. The van der Waals surface area contributed by atoms with Crippen LogP contribution in [0.5, 0.6) is 0 Å². The summed E-state index contributed by atoms with van der Waals surface area (Å²) in [6, 6.07) is 0.571. The van der Waals surface area contributed by atoms with Gasteiger partial charge in [0.05, 0.1) is 0 Å².